The Bertz CT molecular complexity index is 422. The first kappa shape index (κ1) is 13.8. The number of likely N-dealkylation sites (tertiary alicyclic amines) is 1. The van der Waals surface area contributed by atoms with Crippen molar-refractivity contribution >= 4 is 21.7 Å². The third-order valence-corrected chi connectivity index (χ3v) is 4.36. The average Bonchev–Trinajstić information content (AvgIpc) is 2.27. The number of hydrogen-bond donors (Lipinski definition) is 1. The number of Topliss-reactive ketones (excluding diaryl/α,β-unsaturated/α-hetero) is 1. The highest BCUT2D eigenvalue weighted by Gasteiger charge is 2.27. The molecule has 0 spiro atoms. The number of quaternary nitrogens is 1. The van der Waals surface area contributed by atoms with E-state index in [2.05, 4.69) is 29.8 Å². The predicted molar refractivity (Wildman–Crippen MR) is 77.0 cm³/mol. The van der Waals surface area contributed by atoms with Crippen molar-refractivity contribution in [2.24, 2.45) is 11.8 Å². The summed E-state index contributed by atoms with van der Waals surface area (Å²) in [6, 6.07) is 7.71. The fourth-order valence-corrected chi connectivity index (χ4v) is 3.58. The van der Waals surface area contributed by atoms with E-state index in [-0.39, 0.29) is 5.78 Å². The maximum Gasteiger partial charge on any atom is 0.217 e. The van der Waals surface area contributed by atoms with Gasteiger partial charge in [0, 0.05) is 21.9 Å². The van der Waals surface area contributed by atoms with Gasteiger partial charge in [0.25, 0.3) is 0 Å². The molecule has 3 heteroatoms. The first-order valence-electron chi connectivity index (χ1n) is 6.67. The number of hydrogen-bond acceptors (Lipinski definition) is 1. The second kappa shape index (κ2) is 5.98. The molecule has 1 aromatic carbocycles. The Morgan fingerprint density at radius 3 is 2.50 bits per heavy atom. The normalized spacial score (nSPS) is 28.1. The summed E-state index contributed by atoms with van der Waals surface area (Å²) in [6.45, 7) is 7.45. The highest BCUT2D eigenvalue weighted by Crippen LogP contribution is 2.16. The second-order valence-electron chi connectivity index (χ2n) is 5.68. The van der Waals surface area contributed by atoms with Crippen molar-refractivity contribution in [1.82, 2.24) is 0 Å². The molecule has 0 aliphatic carbocycles. The molecule has 1 saturated heterocycles. The minimum atomic E-state index is 0.249. The van der Waals surface area contributed by atoms with E-state index in [1.165, 1.54) is 11.3 Å². The van der Waals surface area contributed by atoms with E-state index in [0.29, 0.717) is 6.54 Å². The Balaban J connectivity index is 2.01. The van der Waals surface area contributed by atoms with Gasteiger partial charge >= 0.3 is 0 Å². The van der Waals surface area contributed by atoms with Gasteiger partial charge in [-0.2, -0.15) is 0 Å². The number of halogens is 1. The number of piperidine rings is 1. The molecule has 98 valence electrons. The molecule has 2 rings (SSSR count). The van der Waals surface area contributed by atoms with Crippen molar-refractivity contribution in [3.63, 3.8) is 0 Å². The molecule has 1 aliphatic heterocycles. The van der Waals surface area contributed by atoms with Crippen molar-refractivity contribution in [3.8, 4) is 0 Å². The molecule has 0 radical (unpaired) electrons. The van der Waals surface area contributed by atoms with Crippen LogP contribution in [0.2, 0.25) is 0 Å². The van der Waals surface area contributed by atoms with Crippen LogP contribution >= 0.6 is 15.9 Å². The lowest BCUT2D eigenvalue weighted by Crippen LogP contribution is -3.15. The van der Waals surface area contributed by atoms with E-state index in [0.717, 1.165) is 35.0 Å². The number of ketones is 1. The summed E-state index contributed by atoms with van der Waals surface area (Å²) in [4.78, 5) is 13.7. The molecule has 1 unspecified atom stereocenters. The summed E-state index contributed by atoms with van der Waals surface area (Å²) >= 11 is 3.46. The van der Waals surface area contributed by atoms with E-state index >= 15 is 0 Å². The molecule has 0 bridgehead atoms. The van der Waals surface area contributed by atoms with Crippen LogP contribution in [0.15, 0.2) is 28.7 Å². The minimum absolute atomic E-state index is 0.249. The van der Waals surface area contributed by atoms with Gasteiger partial charge in [0.05, 0.1) is 13.1 Å². The highest BCUT2D eigenvalue weighted by molar-refractivity contribution is 9.10. The zero-order valence-corrected chi connectivity index (χ0v) is 12.7. The van der Waals surface area contributed by atoms with Crippen LogP contribution in [0, 0.1) is 11.8 Å². The summed E-state index contributed by atoms with van der Waals surface area (Å²) in [7, 11) is 0. The minimum Gasteiger partial charge on any atom is -0.328 e. The van der Waals surface area contributed by atoms with Crippen LogP contribution in [0.25, 0.3) is 0 Å². The predicted octanol–water partition coefficient (Wildman–Crippen LogP) is 2.19. The summed E-state index contributed by atoms with van der Waals surface area (Å²) in [6.07, 6.45) is 1.30. The largest absolute Gasteiger partial charge is 0.328 e. The maximum atomic E-state index is 12.3. The van der Waals surface area contributed by atoms with Gasteiger partial charge in [-0.25, -0.2) is 0 Å². The summed E-state index contributed by atoms with van der Waals surface area (Å²) < 4.78 is 0.910. The van der Waals surface area contributed by atoms with Gasteiger partial charge in [-0.3, -0.25) is 4.79 Å². The monoisotopic (exact) mass is 310 g/mol. The molecular formula is C15H21BrNO+. The second-order valence-corrected chi connectivity index (χ2v) is 6.54. The van der Waals surface area contributed by atoms with E-state index < -0.39 is 0 Å². The first-order valence-corrected chi connectivity index (χ1v) is 7.47. The van der Waals surface area contributed by atoms with Gasteiger partial charge in [-0.15, -0.1) is 0 Å². The summed E-state index contributed by atoms with van der Waals surface area (Å²) in [5.74, 6) is 1.71. The molecule has 0 saturated carbocycles. The van der Waals surface area contributed by atoms with Gasteiger partial charge in [0.1, 0.15) is 6.54 Å². The van der Waals surface area contributed by atoms with E-state index in [9.17, 15) is 4.79 Å². The number of nitrogens with one attached hydrogen (secondary N) is 1. The number of carbonyl (C=O) groups excluding carboxylic acids is 1. The van der Waals surface area contributed by atoms with Crippen LogP contribution < -0.4 is 4.90 Å². The van der Waals surface area contributed by atoms with Gasteiger partial charge in [-0.05, 0) is 12.5 Å². The Kier molecular flexibility index (Phi) is 4.57. The van der Waals surface area contributed by atoms with Gasteiger partial charge in [0.15, 0.2) is 0 Å². The van der Waals surface area contributed by atoms with Gasteiger partial charge in [0.2, 0.25) is 5.78 Å². The van der Waals surface area contributed by atoms with Crippen LogP contribution in [-0.2, 0) is 0 Å². The standard InChI is InChI=1S/C15H20BrNO/c1-11-7-12(2)9-17(8-11)10-15(18)13-5-3-4-6-14(13)16/h3-6,11-12H,7-10H2,1-2H3/p+1/t11-,12+. The van der Waals surface area contributed by atoms with Crippen LogP contribution in [0.3, 0.4) is 0 Å². The third-order valence-electron chi connectivity index (χ3n) is 3.66. The number of rotatable bonds is 3. The first-order chi connectivity index (χ1) is 8.56. The number of carbonyl (C=O) groups is 1. The third kappa shape index (κ3) is 3.42. The smallest absolute Gasteiger partial charge is 0.217 e. The summed E-state index contributed by atoms with van der Waals surface area (Å²) in [5.41, 5.74) is 0.816. The van der Waals surface area contributed by atoms with Gasteiger partial charge < -0.3 is 4.90 Å². The van der Waals surface area contributed by atoms with Crippen molar-refractivity contribution in [1.29, 1.82) is 0 Å². The Labute approximate surface area is 117 Å². The fourth-order valence-electron chi connectivity index (χ4n) is 3.08. The fraction of sp³-hybridized carbons (Fsp3) is 0.533. The zero-order chi connectivity index (χ0) is 13.1. The Morgan fingerprint density at radius 1 is 1.28 bits per heavy atom. The number of benzene rings is 1. The van der Waals surface area contributed by atoms with Crippen LogP contribution in [-0.4, -0.2) is 25.4 Å². The van der Waals surface area contributed by atoms with E-state index in [1.54, 1.807) is 0 Å². The lowest BCUT2D eigenvalue weighted by molar-refractivity contribution is -0.903. The van der Waals surface area contributed by atoms with Crippen molar-refractivity contribution in [3.05, 3.63) is 34.3 Å². The SMILES string of the molecule is C[C@@H]1C[C@H](C)C[NH+](CC(=O)c2ccccc2Br)C1. The molecule has 1 heterocycles. The zero-order valence-electron chi connectivity index (χ0n) is 11.1. The van der Waals surface area contributed by atoms with Crippen LogP contribution in [0.5, 0.6) is 0 Å². The quantitative estimate of drug-likeness (QED) is 0.849. The van der Waals surface area contributed by atoms with Crippen LogP contribution in [0.4, 0.5) is 0 Å². The van der Waals surface area contributed by atoms with Gasteiger partial charge in [-0.1, -0.05) is 48.0 Å². The average molecular weight is 311 g/mol. The molecule has 1 N–H and O–H groups in total. The van der Waals surface area contributed by atoms with Crippen molar-refractivity contribution in [2.45, 2.75) is 20.3 Å². The Hall–Kier alpha value is -0.670. The lowest BCUT2D eigenvalue weighted by Gasteiger charge is -2.31. The Morgan fingerprint density at radius 2 is 1.89 bits per heavy atom. The molecule has 3 atom stereocenters. The molecule has 18 heavy (non-hydrogen) atoms. The molecule has 2 nitrogen and oxygen atoms in total. The molecule has 1 fully saturated rings. The van der Waals surface area contributed by atoms with Crippen molar-refractivity contribution < 1.29 is 9.69 Å². The lowest BCUT2D eigenvalue weighted by atomic mass is 9.91. The highest BCUT2D eigenvalue weighted by atomic mass is 79.9. The maximum absolute atomic E-state index is 12.3. The van der Waals surface area contributed by atoms with E-state index in [1.807, 2.05) is 24.3 Å². The van der Waals surface area contributed by atoms with E-state index in [4.69, 9.17) is 0 Å². The molecule has 0 amide bonds. The molecule has 1 aromatic rings. The molecule has 0 aromatic heterocycles. The topological polar surface area (TPSA) is 21.5 Å². The molecular weight excluding hydrogens is 290 g/mol. The molecule has 1 aliphatic rings. The summed E-state index contributed by atoms with van der Waals surface area (Å²) in [5, 5.41) is 0. The van der Waals surface area contributed by atoms with Crippen LogP contribution in [0.1, 0.15) is 30.6 Å². The van der Waals surface area contributed by atoms with Crippen molar-refractivity contribution in [2.75, 3.05) is 19.6 Å².